The summed E-state index contributed by atoms with van der Waals surface area (Å²) in [4.78, 5) is 5.73. The fraction of sp³-hybridized carbons (Fsp3) is 0.769. The molecule has 0 amide bonds. The van der Waals surface area contributed by atoms with Crippen LogP contribution in [-0.4, -0.2) is 18.1 Å². The number of aromatic nitrogens is 1. The third-order valence-corrected chi connectivity index (χ3v) is 3.93. The molecular weight excluding hydrogens is 216 g/mol. The van der Waals surface area contributed by atoms with Crippen molar-refractivity contribution in [2.24, 2.45) is 5.92 Å². The molecular formula is C13H24N2S. The van der Waals surface area contributed by atoms with E-state index in [9.17, 15) is 0 Å². The summed E-state index contributed by atoms with van der Waals surface area (Å²) in [5.74, 6) is 1.32. The molecule has 0 aliphatic heterocycles. The van der Waals surface area contributed by atoms with Crippen molar-refractivity contribution in [2.45, 2.75) is 46.5 Å². The van der Waals surface area contributed by atoms with Gasteiger partial charge in [0, 0.05) is 23.5 Å². The molecule has 16 heavy (non-hydrogen) atoms. The van der Waals surface area contributed by atoms with Crippen LogP contribution < -0.4 is 5.32 Å². The van der Waals surface area contributed by atoms with Gasteiger partial charge in [-0.2, -0.15) is 0 Å². The molecule has 2 nitrogen and oxygen atoms in total. The Kier molecular flexibility index (Phi) is 5.99. The SMILES string of the molecule is CCCC(C)CNCC(C)c1ncc(C)s1. The van der Waals surface area contributed by atoms with Crippen LogP contribution in [0.5, 0.6) is 0 Å². The number of hydrogen-bond acceptors (Lipinski definition) is 3. The summed E-state index contributed by atoms with van der Waals surface area (Å²) in [6.45, 7) is 11.1. The summed E-state index contributed by atoms with van der Waals surface area (Å²) >= 11 is 1.81. The number of hydrogen-bond donors (Lipinski definition) is 1. The molecule has 2 unspecified atom stereocenters. The zero-order valence-corrected chi connectivity index (χ0v) is 11.7. The first kappa shape index (κ1) is 13.7. The Bertz CT molecular complexity index is 296. The van der Waals surface area contributed by atoms with Gasteiger partial charge < -0.3 is 5.32 Å². The third-order valence-electron chi connectivity index (χ3n) is 2.79. The van der Waals surface area contributed by atoms with Crippen molar-refractivity contribution in [3.8, 4) is 0 Å². The van der Waals surface area contributed by atoms with Crippen molar-refractivity contribution in [3.05, 3.63) is 16.1 Å². The zero-order chi connectivity index (χ0) is 12.0. The summed E-state index contributed by atoms with van der Waals surface area (Å²) < 4.78 is 0. The van der Waals surface area contributed by atoms with Gasteiger partial charge in [0.15, 0.2) is 0 Å². The van der Waals surface area contributed by atoms with Crippen LogP contribution in [0.25, 0.3) is 0 Å². The number of thiazole rings is 1. The maximum Gasteiger partial charge on any atom is 0.0968 e. The standard InChI is InChI=1S/C13H24N2S/c1-5-6-10(2)7-14-8-11(3)13-15-9-12(4)16-13/h9-11,14H,5-8H2,1-4H3. The molecule has 1 rings (SSSR count). The van der Waals surface area contributed by atoms with Crippen LogP contribution in [0.4, 0.5) is 0 Å². The normalized spacial score (nSPS) is 15.0. The van der Waals surface area contributed by atoms with Crippen molar-refractivity contribution in [3.63, 3.8) is 0 Å². The second-order valence-electron chi connectivity index (χ2n) is 4.76. The van der Waals surface area contributed by atoms with Crippen LogP contribution in [0.1, 0.15) is 49.4 Å². The van der Waals surface area contributed by atoms with Gasteiger partial charge in [-0.25, -0.2) is 4.98 Å². The van der Waals surface area contributed by atoms with E-state index in [0.29, 0.717) is 5.92 Å². The van der Waals surface area contributed by atoms with Crippen LogP contribution in [0.3, 0.4) is 0 Å². The van der Waals surface area contributed by atoms with Gasteiger partial charge in [0.25, 0.3) is 0 Å². The van der Waals surface area contributed by atoms with Crippen molar-refractivity contribution in [1.82, 2.24) is 10.3 Å². The lowest BCUT2D eigenvalue weighted by Gasteiger charge is -2.14. The minimum atomic E-state index is 0.535. The Morgan fingerprint density at radius 3 is 2.69 bits per heavy atom. The van der Waals surface area contributed by atoms with Gasteiger partial charge in [0.1, 0.15) is 0 Å². The Morgan fingerprint density at radius 2 is 2.12 bits per heavy atom. The van der Waals surface area contributed by atoms with E-state index in [1.807, 2.05) is 17.5 Å². The van der Waals surface area contributed by atoms with E-state index < -0.39 is 0 Å². The van der Waals surface area contributed by atoms with E-state index in [4.69, 9.17) is 0 Å². The van der Waals surface area contributed by atoms with Gasteiger partial charge in [0.05, 0.1) is 5.01 Å². The molecule has 0 fully saturated rings. The third kappa shape index (κ3) is 4.62. The van der Waals surface area contributed by atoms with E-state index in [-0.39, 0.29) is 0 Å². The second-order valence-corrected chi connectivity index (χ2v) is 6.03. The molecule has 0 saturated heterocycles. The Balaban J connectivity index is 2.22. The minimum Gasteiger partial charge on any atom is -0.316 e. The van der Waals surface area contributed by atoms with Gasteiger partial charge in [-0.05, 0) is 25.8 Å². The maximum atomic E-state index is 4.43. The maximum absolute atomic E-state index is 4.43. The van der Waals surface area contributed by atoms with Gasteiger partial charge in [-0.1, -0.05) is 27.2 Å². The summed E-state index contributed by atoms with van der Waals surface area (Å²) in [6, 6.07) is 0. The minimum absolute atomic E-state index is 0.535. The Labute approximate surface area is 103 Å². The molecule has 0 aliphatic carbocycles. The fourth-order valence-corrected chi connectivity index (χ4v) is 2.65. The summed E-state index contributed by atoms with van der Waals surface area (Å²) in [5.41, 5.74) is 0. The summed E-state index contributed by atoms with van der Waals surface area (Å²) in [7, 11) is 0. The van der Waals surface area contributed by atoms with Crippen molar-refractivity contribution in [1.29, 1.82) is 0 Å². The first-order valence-corrected chi connectivity index (χ1v) is 7.08. The zero-order valence-electron chi connectivity index (χ0n) is 10.9. The quantitative estimate of drug-likeness (QED) is 0.788. The van der Waals surface area contributed by atoms with E-state index in [2.05, 4.69) is 38.0 Å². The predicted octanol–water partition coefficient (Wildman–Crippen LogP) is 3.58. The molecule has 0 saturated carbocycles. The smallest absolute Gasteiger partial charge is 0.0968 e. The van der Waals surface area contributed by atoms with Gasteiger partial charge in [-0.15, -0.1) is 11.3 Å². The lowest BCUT2D eigenvalue weighted by molar-refractivity contribution is 0.466. The highest BCUT2D eigenvalue weighted by molar-refractivity contribution is 7.11. The Morgan fingerprint density at radius 1 is 1.38 bits per heavy atom. The van der Waals surface area contributed by atoms with Crippen LogP contribution in [0.15, 0.2) is 6.20 Å². The highest BCUT2D eigenvalue weighted by atomic mass is 32.1. The highest BCUT2D eigenvalue weighted by Crippen LogP contribution is 2.20. The Hall–Kier alpha value is -0.410. The molecule has 0 bridgehead atoms. The summed E-state index contributed by atoms with van der Waals surface area (Å²) in [6.07, 6.45) is 4.57. The molecule has 0 aliphatic rings. The van der Waals surface area contributed by atoms with E-state index in [0.717, 1.165) is 19.0 Å². The molecule has 3 heteroatoms. The first-order valence-electron chi connectivity index (χ1n) is 6.26. The predicted molar refractivity (Wildman–Crippen MR) is 72.2 cm³/mol. The topological polar surface area (TPSA) is 24.9 Å². The number of rotatable bonds is 7. The van der Waals surface area contributed by atoms with Crippen LogP contribution in [-0.2, 0) is 0 Å². The first-order chi connectivity index (χ1) is 7.63. The summed E-state index contributed by atoms with van der Waals surface area (Å²) in [5, 5.41) is 4.80. The van der Waals surface area contributed by atoms with E-state index >= 15 is 0 Å². The average Bonchev–Trinajstić information content (AvgIpc) is 2.65. The van der Waals surface area contributed by atoms with Crippen molar-refractivity contribution < 1.29 is 0 Å². The fourth-order valence-electron chi connectivity index (χ4n) is 1.83. The molecule has 1 heterocycles. The molecule has 0 radical (unpaired) electrons. The lowest BCUT2D eigenvalue weighted by atomic mass is 10.1. The molecule has 0 spiro atoms. The molecule has 1 aromatic heterocycles. The van der Waals surface area contributed by atoms with Crippen LogP contribution in [0, 0.1) is 12.8 Å². The van der Waals surface area contributed by atoms with Gasteiger partial charge >= 0.3 is 0 Å². The van der Waals surface area contributed by atoms with E-state index in [1.54, 1.807) is 0 Å². The number of nitrogens with zero attached hydrogens (tertiary/aromatic N) is 1. The second kappa shape index (κ2) is 7.02. The van der Waals surface area contributed by atoms with Gasteiger partial charge in [0.2, 0.25) is 0 Å². The molecule has 0 aromatic carbocycles. The molecule has 1 aromatic rings. The van der Waals surface area contributed by atoms with Crippen molar-refractivity contribution in [2.75, 3.05) is 13.1 Å². The molecule has 92 valence electrons. The van der Waals surface area contributed by atoms with Gasteiger partial charge in [-0.3, -0.25) is 0 Å². The number of nitrogens with one attached hydrogen (secondary N) is 1. The van der Waals surface area contributed by atoms with Crippen LogP contribution >= 0.6 is 11.3 Å². The highest BCUT2D eigenvalue weighted by Gasteiger charge is 2.09. The van der Waals surface area contributed by atoms with Crippen LogP contribution in [0.2, 0.25) is 0 Å². The molecule has 1 N–H and O–H groups in total. The average molecular weight is 240 g/mol. The largest absolute Gasteiger partial charge is 0.316 e. The van der Waals surface area contributed by atoms with Crippen molar-refractivity contribution >= 4 is 11.3 Å². The lowest BCUT2D eigenvalue weighted by Crippen LogP contribution is -2.25. The number of aryl methyl sites for hydroxylation is 1. The monoisotopic (exact) mass is 240 g/mol. The molecule has 2 atom stereocenters. The van der Waals surface area contributed by atoms with E-state index in [1.165, 1.54) is 22.7 Å².